The van der Waals surface area contributed by atoms with Gasteiger partial charge in [0.1, 0.15) is 47.9 Å². The van der Waals surface area contributed by atoms with Gasteiger partial charge in [-0.2, -0.15) is 0 Å². The van der Waals surface area contributed by atoms with Crippen LogP contribution < -0.4 is 37.2 Å². The van der Waals surface area contributed by atoms with Gasteiger partial charge in [0.2, 0.25) is 35.4 Å². The smallest absolute Gasteiger partial charge is 0.408 e. The molecule has 0 bridgehead atoms. The number of rotatable bonds is 28. The zero-order chi connectivity index (χ0) is 52.9. The number of carboxylic acids is 1. The summed E-state index contributed by atoms with van der Waals surface area (Å²) in [5.41, 5.74) is 0.619. The number of ether oxygens (including phenoxy) is 1. The van der Waals surface area contributed by atoms with Crippen LogP contribution in [0.2, 0.25) is 0 Å². The Morgan fingerprint density at radius 2 is 0.643 bits per heavy atom. The fourth-order valence-corrected chi connectivity index (χ4v) is 7.71. The monoisotopic (exact) mass is 978 g/mol. The van der Waals surface area contributed by atoms with Gasteiger partial charge in [-0.1, -0.05) is 130 Å². The van der Waals surface area contributed by atoms with Gasteiger partial charge in [-0.15, -0.1) is 0 Å². The maximum Gasteiger partial charge on any atom is 0.408 e. The van der Waals surface area contributed by atoms with Gasteiger partial charge in [0.05, 0.1) is 0 Å². The van der Waals surface area contributed by atoms with Crippen molar-refractivity contribution < 1.29 is 48.2 Å². The van der Waals surface area contributed by atoms with Crippen LogP contribution in [0.5, 0.6) is 0 Å². The highest BCUT2D eigenvalue weighted by atomic mass is 16.6. The van der Waals surface area contributed by atoms with Crippen LogP contribution in [0.15, 0.2) is 60.7 Å². The Morgan fingerprint density at radius 3 is 0.914 bits per heavy atom. The third-order valence-electron chi connectivity index (χ3n) is 10.9. The zero-order valence-corrected chi connectivity index (χ0v) is 43.8. The van der Waals surface area contributed by atoms with Gasteiger partial charge in [0.15, 0.2) is 0 Å². The summed E-state index contributed by atoms with van der Waals surface area (Å²) in [5, 5.41) is 29.2. The minimum absolute atomic E-state index is 0.0201. The zero-order valence-electron chi connectivity index (χ0n) is 43.8. The number of alkyl carbamates (subject to hydrolysis) is 1. The van der Waals surface area contributed by atoms with Crippen LogP contribution in [0.3, 0.4) is 0 Å². The number of hydrogen-bond acceptors (Lipinski definition) is 9. The molecule has 0 unspecified atom stereocenters. The van der Waals surface area contributed by atoms with E-state index in [1.807, 2.05) is 81.4 Å². The van der Waals surface area contributed by atoms with Crippen molar-refractivity contribution >= 4 is 47.5 Å². The first-order valence-corrected chi connectivity index (χ1v) is 24.8. The molecule has 0 aliphatic rings. The average molecular weight is 978 g/mol. The van der Waals surface area contributed by atoms with E-state index in [2.05, 4.69) is 37.2 Å². The summed E-state index contributed by atoms with van der Waals surface area (Å²) in [6, 6.07) is 9.88. The van der Waals surface area contributed by atoms with Gasteiger partial charge < -0.3 is 47.1 Å². The number of amides is 7. The standard InChI is InChI=1S/C53H83N7O10/c1-31(2)24-38(45(61)55-40(26-33(5)6)47(63)57-43(30-37-22-18-15-19-23-37)50(66)59-44(51(67)68)28-35(9)10)54-46(62)39(25-32(3)4)56-49(65)42(29-36-20-16-14-17-21-36)58-48(64)41(27-34(7)8)60-52(69)70-53(11,12)13/h14-23,31-35,38-44H,24-30H2,1-13H3,(H,54,62)(H,55,61)(H,56,65)(H,57,63)(H,58,64)(H,59,66)(H,60,69)(H,67,68)/t38-,39-,40-,41-,42-,43-,44-/m0/s1. The highest BCUT2D eigenvalue weighted by molar-refractivity contribution is 5.97. The van der Waals surface area contributed by atoms with Crippen molar-refractivity contribution in [3.63, 3.8) is 0 Å². The van der Waals surface area contributed by atoms with E-state index >= 15 is 0 Å². The Kier molecular flexibility index (Phi) is 25.1. The van der Waals surface area contributed by atoms with Gasteiger partial charge >= 0.3 is 12.1 Å². The van der Waals surface area contributed by atoms with Crippen molar-refractivity contribution in [1.29, 1.82) is 0 Å². The lowest BCUT2D eigenvalue weighted by Crippen LogP contribution is -2.60. The Hall–Kier alpha value is -6.00. The molecule has 17 nitrogen and oxygen atoms in total. The summed E-state index contributed by atoms with van der Waals surface area (Å²) < 4.78 is 5.42. The number of benzene rings is 2. The molecular weight excluding hydrogens is 895 g/mol. The lowest BCUT2D eigenvalue weighted by atomic mass is 9.97. The van der Waals surface area contributed by atoms with Crippen molar-refractivity contribution in [3.8, 4) is 0 Å². The van der Waals surface area contributed by atoms with Crippen molar-refractivity contribution in [2.45, 2.75) is 183 Å². The van der Waals surface area contributed by atoms with E-state index < -0.39 is 95.4 Å². The van der Waals surface area contributed by atoms with Gasteiger partial charge in [-0.25, -0.2) is 9.59 Å². The molecule has 17 heteroatoms. The van der Waals surface area contributed by atoms with Crippen LogP contribution in [-0.2, 0) is 51.1 Å². The lowest BCUT2D eigenvalue weighted by molar-refractivity contribution is -0.142. The van der Waals surface area contributed by atoms with Crippen molar-refractivity contribution in [2.24, 2.45) is 29.6 Å². The maximum atomic E-state index is 14.4. The topological polar surface area (TPSA) is 250 Å². The number of aliphatic carboxylic acids is 1. The van der Waals surface area contributed by atoms with E-state index in [1.54, 1.807) is 69.3 Å². The van der Waals surface area contributed by atoms with Crippen molar-refractivity contribution in [1.82, 2.24) is 37.2 Å². The summed E-state index contributed by atoms with van der Waals surface area (Å²) in [5.74, 6) is -5.56. The quantitative estimate of drug-likeness (QED) is 0.0525. The number of carbonyl (C=O) groups is 8. The predicted octanol–water partition coefficient (Wildman–Crippen LogP) is 5.59. The first-order chi connectivity index (χ1) is 32.6. The normalized spacial score (nSPS) is 14.7. The molecule has 390 valence electrons. The first kappa shape index (κ1) is 60.1. The molecule has 7 atom stereocenters. The molecular formula is C53H83N7O10. The fraction of sp³-hybridized carbons (Fsp3) is 0.623. The fourth-order valence-electron chi connectivity index (χ4n) is 7.71. The predicted molar refractivity (Wildman–Crippen MR) is 270 cm³/mol. The minimum Gasteiger partial charge on any atom is -0.480 e. The van der Waals surface area contributed by atoms with Crippen LogP contribution in [-0.4, -0.2) is 101 Å². The summed E-state index contributed by atoms with van der Waals surface area (Å²) in [6.45, 7) is 23.8. The SMILES string of the molecule is CC(C)C[C@H](NC(=O)[C@H](Cc1ccccc1)NC(=O)[C@H](CC(C)C)NC(=O)[C@H](CC(C)C)NC(=O)[C@H](CC(C)C)NC(=O)[C@H](Cc1ccccc1)NC(=O)[C@H](CC(C)C)NC(=O)OC(C)(C)C)C(=O)O. The summed E-state index contributed by atoms with van der Waals surface area (Å²) >= 11 is 0. The third-order valence-corrected chi connectivity index (χ3v) is 10.9. The second-order valence-electron chi connectivity index (χ2n) is 21.4. The van der Waals surface area contributed by atoms with E-state index in [0.717, 1.165) is 5.56 Å². The molecule has 0 spiro atoms. The first-order valence-electron chi connectivity index (χ1n) is 24.8. The summed E-state index contributed by atoms with van der Waals surface area (Å²) in [4.78, 5) is 110. The molecule has 0 saturated carbocycles. The molecule has 8 N–H and O–H groups in total. The van der Waals surface area contributed by atoms with Crippen LogP contribution >= 0.6 is 0 Å². The Bertz CT molecular complexity index is 2000. The van der Waals surface area contributed by atoms with E-state index in [9.17, 15) is 43.5 Å². The van der Waals surface area contributed by atoms with Gasteiger partial charge in [-0.3, -0.25) is 28.8 Å². The Morgan fingerprint density at radius 1 is 0.400 bits per heavy atom. The third kappa shape index (κ3) is 23.5. The van der Waals surface area contributed by atoms with Gasteiger partial charge in [0.25, 0.3) is 0 Å². The number of carboxylic acid groups (broad SMARTS) is 1. The van der Waals surface area contributed by atoms with Gasteiger partial charge in [0, 0.05) is 12.8 Å². The molecule has 0 radical (unpaired) electrons. The molecule has 2 rings (SSSR count). The largest absolute Gasteiger partial charge is 0.480 e. The van der Waals surface area contributed by atoms with Crippen molar-refractivity contribution in [2.75, 3.05) is 0 Å². The molecule has 0 aromatic heterocycles. The van der Waals surface area contributed by atoms with E-state index in [0.29, 0.717) is 5.56 Å². The summed E-state index contributed by atoms with van der Waals surface area (Å²) in [7, 11) is 0. The average Bonchev–Trinajstić information content (AvgIpc) is 3.23. The molecule has 0 aliphatic carbocycles. The Labute approximate surface area is 416 Å². The molecule has 7 amide bonds. The molecule has 70 heavy (non-hydrogen) atoms. The lowest BCUT2D eigenvalue weighted by Gasteiger charge is -2.29. The van der Waals surface area contributed by atoms with Crippen LogP contribution in [0.25, 0.3) is 0 Å². The molecule has 0 saturated heterocycles. The highest BCUT2D eigenvalue weighted by Crippen LogP contribution is 2.15. The second-order valence-corrected chi connectivity index (χ2v) is 21.4. The maximum absolute atomic E-state index is 14.4. The van der Waals surface area contributed by atoms with Crippen molar-refractivity contribution in [3.05, 3.63) is 71.8 Å². The number of hydrogen-bond donors (Lipinski definition) is 8. The highest BCUT2D eigenvalue weighted by Gasteiger charge is 2.35. The van der Waals surface area contributed by atoms with Crippen LogP contribution in [0, 0.1) is 29.6 Å². The molecule has 0 heterocycles. The molecule has 0 aliphatic heterocycles. The van der Waals surface area contributed by atoms with E-state index in [1.165, 1.54) is 0 Å². The Balaban J connectivity index is 2.44. The molecule has 2 aromatic rings. The van der Waals surface area contributed by atoms with Gasteiger partial charge in [-0.05, 0) is 93.6 Å². The minimum atomic E-state index is -1.20. The number of carbonyl (C=O) groups excluding carboxylic acids is 7. The van der Waals surface area contributed by atoms with Crippen LogP contribution in [0.1, 0.15) is 133 Å². The molecule has 2 aromatic carbocycles. The van der Waals surface area contributed by atoms with E-state index in [-0.39, 0.29) is 74.5 Å². The van der Waals surface area contributed by atoms with Crippen LogP contribution in [0.4, 0.5) is 4.79 Å². The summed E-state index contributed by atoms with van der Waals surface area (Å²) in [6.07, 6.45) is 0.218. The van der Waals surface area contributed by atoms with E-state index in [4.69, 9.17) is 4.74 Å². The number of nitrogens with one attached hydrogen (secondary N) is 7. The molecule has 0 fully saturated rings. The second kappa shape index (κ2) is 29.2.